The van der Waals surface area contributed by atoms with Gasteiger partial charge in [0.2, 0.25) is 0 Å². The average molecular weight is 266 g/mol. The van der Waals surface area contributed by atoms with Crippen molar-refractivity contribution in [2.45, 2.75) is 46.3 Å². The summed E-state index contributed by atoms with van der Waals surface area (Å²) in [5.41, 5.74) is -0.609. The van der Waals surface area contributed by atoms with Gasteiger partial charge in [-0.3, -0.25) is 0 Å². The highest BCUT2D eigenvalue weighted by Crippen LogP contribution is 2.09. The monoisotopic (exact) mass is 265 g/mol. The number of carbonyl (C=O) groups excluding carboxylic acids is 2. The first-order valence-corrected chi connectivity index (χ1v) is 5.93. The standard InChI is InChI=1S/C11H20ClNO4/c1-7(2)8(9(14)16-6-12)13-10(15)17-11(3,4)5/h7-8H,6H2,1-5H3,(H,13,15)/t8-/m1/s1. The van der Waals surface area contributed by atoms with E-state index in [-0.39, 0.29) is 12.0 Å². The lowest BCUT2D eigenvalue weighted by Gasteiger charge is -2.24. The number of amides is 1. The quantitative estimate of drug-likeness (QED) is 0.626. The lowest BCUT2D eigenvalue weighted by atomic mass is 10.1. The van der Waals surface area contributed by atoms with Crippen LogP contribution >= 0.6 is 11.6 Å². The normalized spacial score (nSPS) is 13.1. The van der Waals surface area contributed by atoms with Crippen molar-refractivity contribution >= 4 is 23.7 Å². The Morgan fingerprint density at radius 2 is 1.82 bits per heavy atom. The summed E-state index contributed by atoms with van der Waals surface area (Å²) in [6.45, 7) is 8.81. The third-order valence-electron chi connectivity index (χ3n) is 1.79. The summed E-state index contributed by atoms with van der Waals surface area (Å²) in [6.07, 6.45) is -0.650. The molecule has 0 saturated carbocycles. The van der Waals surface area contributed by atoms with E-state index in [1.54, 1.807) is 34.6 Å². The molecular formula is C11H20ClNO4. The fraction of sp³-hybridized carbons (Fsp3) is 0.818. The maximum Gasteiger partial charge on any atom is 0.408 e. The average Bonchev–Trinajstić information content (AvgIpc) is 2.11. The number of halogens is 1. The Kier molecular flexibility index (Phi) is 6.31. The zero-order chi connectivity index (χ0) is 13.6. The Hall–Kier alpha value is -0.970. The lowest BCUT2D eigenvalue weighted by molar-refractivity contribution is -0.145. The van der Waals surface area contributed by atoms with E-state index in [1.165, 1.54) is 0 Å². The first-order valence-electron chi connectivity index (χ1n) is 5.39. The summed E-state index contributed by atoms with van der Waals surface area (Å²) in [6, 6.07) is -0.999. The van der Waals surface area contributed by atoms with E-state index in [1.807, 2.05) is 0 Å². The summed E-state index contributed by atoms with van der Waals surface area (Å²) in [5, 5.41) is 2.46. The number of alkyl halides is 1. The highest BCUT2D eigenvalue weighted by Gasteiger charge is 2.27. The van der Waals surface area contributed by atoms with E-state index in [0.29, 0.717) is 0 Å². The predicted molar refractivity (Wildman–Crippen MR) is 64.8 cm³/mol. The topological polar surface area (TPSA) is 64.6 Å². The number of esters is 1. The first-order chi connectivity index (χ1) is 7.67. The van der Waals surface area contributed by atoms with Gasteiger partial charge in [-0.1, -0.05) is 25.4 Å². The van der Waals surface area contributed by atoms with Crippen LogP contribution in [0.2, 0.25) is 0 Å². The third kappa shape index (κ3) is 7.05. The van der Waals surface area contributed by atoms with Crippen LogP contribution in [0, 0.1) is 5.92 Å². The number of carbonyl (C=O) groups is 2. The van der Waals surface area contributed by atoms with E-state index < -0.39 is 23.7 Å². The molecule has 0 heterocycles. The zero-order valence-electron chi connectivity index (χ0n) is 10.9. The van der Waals surface area contributed by atoms with Gasteiger partial charge in [0.15, 0.2) is 6.07 Å². The summed E-state index contributed by atoms with van der Waals surface area (Å²) in [4.78, 5) is 23.0. The van der Waals surface area contributed by atoms with Gasteiger partial charge in [-0.2, -0.15) is 0 Å². The molecular weight excluding hydrogens is 246 g/mol. The third-order valence-corrected chi connectivity index (χ3v) is 1.90. The molecule has 17 heavy (non-hydrogen) atoms. The van der Waals surface area contributed by atoms with Crippen LogP contribution in [0.15, 0.2) is 0 Å². The van der Waals surface area contributed by atoms with Crippen LogP contribution < -0.4 is 5.32 Å². The molecule has 5 nitrogen and oxygen atoms in total. The van der Waals surface area contributed by atoms with Gasteiger partial charge in [0.1, 0.15) is 11.6 Å². The van der Waals surface area contributed by atoms with Gasteiger partial charge in [-0.25, -0.2) is 9.59 Å². The first kappa shape index (κ1) is 16.0. The molecule has 0 bridgehead atoms. The number of nitrogens with one attached hydrogen (secondary N) is 1. The van der Waals surface area contributed by atoms with Crippen molar-refractivity contribution in [2.75, 3.05) is 6.07 Å². The van der Waals surface area contributed by atoms with Gasteiger partial charge in [0.05, 0.1) is 0 Å². The molecule has 1 atom stereocenters. The van der Waals surface area contributed by atoms with E-state index in [9.17, 15) is 9.59 Å². The SMILES string of the molecule is CC(C)[C@@H](NC(=O)OC(C)(C)C)C(=O)OCCl. The van der Waals surface area contributed by atoms with Gasteiger partial charge in [0.25, 0.3) is 0 Å². The fourth-order valence-corrected chi connectivity index (χ4v) is 1.18. The van der Waals surface area contributed by atoms with Crippen LogP contribution in [-0.4, -0.2) is 29.8 Å². The Morgan fingerprint density at radius 1 is 1.29 bits per heavy atom. The van der Waals surface area contributed by atoms with E-state index >= 15 is 0 Å². The lowest BCUT2D eigenvalue weighted by Crippen LogP contribution is -2.47. The number of ether oxygens (including phenoxy) is 2. The highest BCUT2D eigenvalue weighted by atomic mass is 35.5. The molecule has 1 amide bonds. The summed E-state index contributed by atoms with van der Waals surface area (Å²) in [7, 11) is 0. The van der Waals surface area contributed by atoms with Crippen molar-refractivity contribution in [3.8, 4) is 0 Å². The molecule has 0 aliphatic heterocycles. The van der Waals surface area contributed by atoms with Crippen LogP contribution in [0.25, 0.3) is 0 Å². The van der Waals surface area contributed by atoms with E-state index in [2.05, 4.69) is 10.1 Å². The van der Waals surface area contributed by atoms with E-state index in [0.717, 1.165) is 0 Å². The molecule has 0 aromatic heterocycles. The molecule has 0 aliphatic rings. The van der Waals surface area contributed by atoms with Crippen LogP contribution in [0.4, 0.5) is 4.79 Å². The number of alkyl carbamates (subject to hydrolysis) is 1. The molecule has 0 aromatic rings. The summed E-state index contributed by atoms with van der Waals surface area (Å²) < 4.78 is 9.71. The number of hydrogen-bond donors (Lipinski definition) is 1. The maximum atomic E-state index is 11.5. The van der Waals surface area contributed by atoms with Gasteiger partial charge < -0.3 is 14.8 Å². The molecule has 0 saturated heterocycles. The van der Waals surface area contributed by atoms with Crippen LogP contribution in [0.3, 0.4) is 0 Å². The smallest absolute Gasteiger partial charge is 0.408 e. The minimum Gasteiger partial charge on any atom is -0.448 e. The molecule has 6 heteroatoms. The van der Waals surface area contributed by atoms with Gasteiger partial charge >= 0.3 is 12.1 Å². The van der Waals surface area contributed by atoms with Crippen molar-refractivity contribution in [1.82, 2.24) is 5.32 Å². The Morgan fingerprint density at radius 3 is 2.18 bits per heavy atom. The van der Waals surface area contributed by atoms with Crippen molar-refractivity contribution in [3.63, 3.8) is 0 Å². The number of rotatable bonds is 4. The molecule has 0 aliphatic carbocycles. The summed E-state index contributed by atoms with van der Waals surface area (Å²) in [5.74, 6) is -0.681. The molecule has 0 rings (SSSR count). The van der Waals surface area contributed by atoms with E-state index in [4.69, 9.17) is 16.3 Å². The van der Waals surface area contributed by atoms with Crippen LogP contribution in [0.1, 0.15) is 34.6 Å². The molecule has 0 fully saturated rings. The Bertz CT molecular complexity index is 273. The second-order valence-corrected chi connectivity index (χ2v) is 5.16. The number of hydrogen-bond acceptors (Lipinski definition) is 4. The minimum atomic E-state index is -0.761. The molecule has 100 valence electrons. The van der Waals surface area contributed by atoms with Gasteiger partial charge in [-0.05, 0) is 26.7 Å². The van der Waals surface area contributed by atoms with Crippen molar-refractivity contribution in [1.29, 1.82) is 0 Å². The predicted octanol–water partition coefficient (Wildman–Crippen LogP) is 2.28. The zero-order valence-corrected chi connectivity index (χ0v) is 11.6. The Labute approximate surface area is 107 Å². The van der Waals surface area contributed by atoms with Crippen molar-refractivity contribution < 1.29 is 19.1 Å². The highest BCUT2D eigenvalue weighted by molar-refractivity contribution is 6.17. The van der Waals surface area contributed by atoms with Crippen molar-refractivity contribution in [2.24, 2.45) is 5.92 Å². The molecule has 0 aromatic carbocycles. The molecule has 1 N–H and O–H groups in total. The van der Waals surface area contributed by atoms with Crippen LogP contribution in [0.5, 0.6) is 0 Å². The summed E-state index contributed by atoms with van der Waals surface area (Å²) >= 11 is 5.30. The maximum absolute atomic E-state index is 11.5. The Balaban J connectivity index is 4.46. The van der Waals surface area contributed by atoms with Crippen molar-refractivity contribution in [3.05, 3.63) is 0 Å². The van der Waals surface area contributed by atoms with Crippen LogP contribution in [-0.2, 0) is 14.3 Å². The second kappa shape index (κ2) is 6.69. The molecule has 0 radical (unpaired) electrons. The molecule has 0 spiro atoms. The second-order valence-electron chi connectivity index (χ2n) is 4.94. The largest absolute Gasteiger partial charge is 0.448 e. The fourth-order valence-electron chi connectivity index (χ4n) is 1.08. The minimum absolute atomic E-state index is 0.113. The molecule has 0 unspecified atom stereocenters. The van der Waals surface area contributed by atoms with Gasteiger partial charge in [-0.15, -0.1) is 0 Å². The van der Waals surface area contributed by atoms with Gasteiger partial charge in [0, 0.05) is 0 Å².